The standard InChI is InChI=1S/C28H31FN6O3/c1-15-6-16(8-17(30)7-15)21-4-5-31-12-25(21)33-27(36)22-2-3-24(29)23-10-18(11-32-26(22)23)34-13-20-9-19(34)14-35(20)28(37)38/h2-5,10-12,15-17,19-20H,6-9,13-14,30H2,1H3,(H,33,36)(H,37,38)/t15-,16+,17-,19?,20?/m0/s1. The molecule has 2 unspecified atom stereocenters. The summed E-state index contributed by atoms with van der Waals surface area (Å²) in [5.41, 5.74) is 9.21. The molecule has 38 heavy (non-hydrogen) atoms. The molecule has 3 fully saturated rings. The summed E-state index contributed by atoms with van der Waals surface area (Å²) in [4.78, 5) is 37.2. The summed E-state index contributed by atoms with van der Waals surface area (Å²) >= 11 is 0. The summed E-state index contributed by atoms with van der Waals surface area (Å²) in [6, 6.07) is 6.47. The molecule has 198 valence electrons. The summed E-state index contributed by atoms with van der Waals surface area (Å²) in [7, 11) is 0. The van der Waals surface area contributed by atoms with Crippen LogP contribution in [0.5, 0.6) is 0 Å². The van der Waals surface area contributed by atoms with Gasteiger partial charge in [-0.1, -0.05) is 6.92 Å². The SMILES string of the molecule is C[C@@H]1C[C@H](N)C[C@H](c2ccncc2NC(=O)c2ccc(F)c3cc(N4CC5CC4CN5C(=O)O)cnc23)C1. The number of rotatable bonds is 4. The number of carboxylic acid groups (broad SMARTS) is 1. The van der Waals surface area contributed by atoms with Crippen molar-refractivity contribution in [2.45, 2.75) is 56.7 Å². The van der Waals surface area contributed by atoms with Crippen molar-refractivity contribution in [2.24, 2.45) is 11.7 Å². The summed E-state index contributed by atoms with van der Waals surface area (Å²) in [6.07, 6.45) is 7.70. The van der Waals surface area contributed by atoms with Crippen LogP contribution in [0.1, 0.15) is 54.4 Å². The van der Waals surface area contributed by atoms with Crippen LogP contribution in [0.2, 0.25) is 0 Å². The highest BCUT2D eigenvalue weighted by atomic mass is 19.1. The lowest BCUT2D eigenvalue weighted by molar-refractivity contribution is 0.102. The van der Waals surface area contributed by atoms with Crippen LogP contribution in [-0.2, 0) is 0 Å². The molecule has 1 saturated carbocycles. The number of fused-ring (bicyclic) bond motifs is 3. The van der Waals surface area contributed by atoms with Crippen LogP contribution in [-0.4, -0.2) is 63.2 Å². The van der Waals surface area contributed by atoms with E-state index in [2.05, 4.69) is 27.1 Å². The van der Waals surface area contributed by atoms with E-state index in [-0.39, 0.29) is 46.4 Å². The second kappa shape index (κ2) is 9.50. The van der Waals surface area contributed by atoms with Gasteiger partial charge in [0.15, 0.2) is 0 Å². The van der Waals surface area contributed by atoms with E-state index < -0.39 is 11.9 Å². The van der Waals surface area contributed by atoms with E-state index in [1.165, 1.54) is 17.0 Å². The van der Waals surface area contributed by atoms with Crippen LogP contribution >= 0.6 is 0 Å². The third kappa shape index (κ3) is 4.32. The first-order valence-corrected chi connectivity index (χ1v) is 13.1. The molecule has 4 N–H and O–H groups in total. The Hall–Kier alpha value is -3.79. The highest BCUT2D eigenvalue weighted by molar-refractivity contribution is 6.12. The van der Waals surface area contributed by atoms with Crippen LogP contribution in [0, 0.1) is 11.7 Å². The number of carbonyl (C=O) groups excluding carboxylic acids is 1. The maximum atomic E-state index is 15.0. The zero-order valence-corrected chi connectivity index (χ0v) is 21.2. The summed E-state index contributed by atoms with van der Waals surface area (Å²) < 4.78 is 15.0. The molecule has 4 heterocycles. The number of halogens is 1. The molecule has 5 atom stereocenters. The Kier molecular flexibility index (Phi) is 6.14. The lowest BCUT2D eigenvalue weighted by Crippen LogP contribution is -2.48. The number of carbonyl (C=O) groups is 2. The van der Waals surface area contributed by atoms with Crippen molar-refractivity contribution in [1.29, 1.82) is 0 Å². The van der Waals surface area contributed by atoms with E-state index in [0.29, 0.717) is 24.7 Å². The lowest BCUT2D eigenvalue weighted by Gasteiger charge is -2.34. The molecule has 10 heteroatoms. The highest BCUT2D eigenvalue weighted by Crippen LogP contribution is 2.39. The molecule has 3 aromatic rings. The van der Waals surface area contributed by atoms with Crippen molar-refractivity contribution in [2.75, 3.05) is 23.3 Å². The van der Waals surface area contributed by atoms with Gasteiger partial charge in [-0.05, 0) is 67.3 Å². The molecule has 3 aliphatic rings. The molecule has 2 aromatic heterocycles. The molecule has 2 saturated heterocycles. The van der Waals surface area contributed by atoms with Gasteiger partial charge in [-0.15, -0.1) is 0 Å². The van der Waals surface area contributed by atoms with Gasteiger partial charge in [0.25, 0.3) is 5.91 Å². The Morgan fingerprint density at radius 2 is 1.95 bits per heavy atom. The van der Waals surface area contributed by atoms with Crippen molar-refractivity contribution in [3.8, 4) is 0 Å². The zero-order valence-electron chi connectivity index (χ0n) is 21.2. The number of aromatic nitrogens is 2. The van der Waals surface area contributed by atoms with Crippen molar-refractivity contribution in [1.82, 2.24) is 14.9 Å². The Morgan fingerprint density at radius 3 is 2.68 bits per heavy atom. The number of amides is 2. The molecule has 1 aromatic carbocycles. The van der Waals surface area contributed by atoms with Crippen LogP contribution in [0.4, 0.5) is 20.6 Å². The predicted octanol–water partition coefficient (Wildman–Crippen LogP) is 4.19. The van der Waals surface area contributed by atoms with Gasteiger partial charge in [0.1, 0.15) is 5.82 Å². The van der Waals surface area contributed by atoms with Crippen LogP contribution in [0.15, 0.2) is 42.9 Å². The molecule has 2 amide bonds. The van der Waals surface area contributed by atoms with Gasteiger partial charge in [0.2, 0.25) is 0 Å². The molecule has 2 bridgehead atoms. The number of benzene rings is 1. The third-order valence-corrected chi connectivity index (χ3v) is 8.37. The van der Waals surface area contributed by atoms with Crippen molar-refractivity contribution in [3.63, 3.8) is 0 Å². The third-order valence-electron chi connectivity index (χ3n) is 8.37. The maximum absolute atomic E-state index is 15.0. The number of hydrogen-bond acceptors (Lipinski definition) is 6. The first kappa shape index (κ1) is 24.5. The average Bonchev–Trinajstić information content (AvgIpc) is 3.50. The Bertz CT molecular complexity index is 1410. The fraction of sp³-hybridized carbons (Fsp3) is 0.429. The Labute approximate surface area is 219 Å². The van der Waals surface area contributed by atoms with Crippen LogP contribution in [0.3, 0.4) is 0 Å². The molecule has 2 aliphatic heterocycles. The lowest BCUT2D eigenvalue weighted by atomic mass is 9.76. The van der Waals surface area contributed by atoms with Crippen LogP contribution in [0.25, 0.3) is 10.9 Å². The minimum absolute atomic E-state index is 0.0320. The fourth-order valence-electron chi connectivity index (χ4n) is 6.70. The molecule has 1 aliphatic carbocycles. The molecule has 0 spiro atoms. The van der Waals surface area contributed by atoms with Gasteiger partial charge in [-0.3, -0.25) is 14.8 Å². The van der Waals surface area contributed by atoms with Gasteiger partial charge in [0, 0.05) is 36.8 Å². The maximum Gasteiger partial charge on any atom is 0.407 e. The number of anilines is 2. The Morgan fingerprint density at radius 1 is 1.11 bits per heavy atom. The normalized spacial score (nSPS) is 26.7. The molecular weight excluding hydrogens is 487 g/mol. The number of hydrogen-bond donors (Lipinski definition) is 3. The molecule has 0 radical (unpaired) electrons. The molecule has 6 rings (SSSR count). The molecular formula is C28H31FN6O3. The first-order chi connectivity index (χ1) is 18.3. The van der Waals surface area contributed by atoms with E-state index in [4.69, 9.17) is 5.73 Å². The van der Waals surface area contributed by atoms with Gasteiger partial charge >= 0.3 is 6.09 Å². The fourth-order valence-corrected chi connectivity index (χ4v) is 6.70. The van der Waals surface area contributed by atoms with Crippen molar-refractivity contribution >= 4 is 34.3 Å². The number of likely N-dealkylation sites (tertiary alicyclic amines) is 1. The van der Waals surface area contributed by atoms with E-state index in [9.17, 15) is 19.1 Å². The van der Waals surface area contributed by atoms with Gasteiger partial charge in [0.05, 0.1) is 40.9 Å². The van der Waals surface area contributed by atoms with Crippen molar-refractivity contribution in [3.05, 3.63) is 59.8 Å². The summed E-state index contributed by atoms with van der Waals surface area (Å²) in [5, 5.41) is 12.6. The van der Waals surface area contributed by atoms with Gasteiger partial charge in [-0.2, -0.15) is 0 Å². The van der Waals surface area contributed by atoms with Gasteiger partial charge in [-0.25, -0.2) is 9.18 Å². The Balaban J connectivity index is 1.27. The topological polar surface area (TPSA) is 125 Å². The largest absolute Gasteiger partial charge is 0.465 e. The minimum Gasteiger partial charge on any atom is -0.465 e. The first-order valence-electron chi connectivity index (χ1n) is 13.1. The number of piperazine rings is 1. The van der Waals surface area contributed by atoms with Crippen LogP contribution < -0.4 is 16.0 Å². The summed E-state index contributed by atoms with van der Waals surface area (Å²) in [6.45, 7) is 3.16. The molecule has 9 nitrogen and oxygen atoms in total. The van der Waals surface area contributed by atoms with E-state index in [0.717, 1.165) is 36.9 Å². The highest BCUT2D eigenvalue weighted by Gasteiger charge is 2.45. The summed E-state index contributed by atoms with van der Waals surface area (Å²) in [5.74, 6) is -0.117. The van der Waals surface area contributed by atoms with E-state index in [1.54, 1.807) is 24.7 Å². The number of nitrogens with two attached hydrogens (primary N) is 1. The average molecular weight is 519 g/mol. The van der Waals surface area contributed by atoms with Crippen molar-refractivity contribution < 1.29 is 19.1 Å². The van der Waals surface area contributed by atoms with E-state index >= 15 is 0 Å². The second-order valence-corrected chi connectivity index (χ2v) is 11.0. The smallest absolute Gasteiger partial charge is 0.407 e. The predicted molar refractivity (Wildman–Crippen MR) is 142 cm³/mol. The zero-order chi connectivity index (χ0) is 26.6. The number of pyridine rings is 2. The minimum atomic E-state index is -0.909. The van der Waals surface area contributed by atoms with E-state index in [1.807, 2.05) is 6.07 Å². The monoisotopic (exact) mass is 518 g/mol. The quantitative estimate of drug-likeness (QED) is 0.473. The second-order valence-electron chi connectivity index (χ2n) is 11.0. The number of nitrogens with zero attached hydrogens (tertiary/aromatic N) is 4. The number of nitrogens with one attached hydrogen (secondary N) is 1. The van der Waals surface area contributed by atoms with Gasteiger partial charge < -0.3 is 26.0 Å².